The van der Waals surface area contributed by atoms with E-state index in [1.54, 1.807) is 24.3 Å². The number of carbonyl (C=O) groups excluding carboxylic acids is 4. The van der Waals surface area contributed by atoms with Gasteiger partial charge in [-0.3, -0.25) is 19.2 Å². The number of hydrogen-bond donors (Lipinski definition) is 12. The molecule has 252 valence electrons. The van der Waals surface area contributed by atoms with Crippen molar-refractivity contribution in [1.82, 2.24) is 21.3 Å². The molecule has 6 atom stereocenters. The summed E-state index contributed by atoms with van der Waals surface area (Å²) in [5.41, 5.74) is 24.5. The summed E-state index contributed by atoms with van der Waals surface area (Å²) < 4.78 is 0. The van der Waals surface area contributed by atoms with Gasteiger partial charge in [-0.2, -0.15) is 0 Å². The van der Waals surface area contributed by atoms with Gasteiger partial charge < -0.3 is 64.6 Å². The number of carbonyl (C=O) groups is 4. The van der Waals surface area contributed by atoms with E-state index in [1.807, 2.05) is 0 Å². The number of aliphatic hydroxyl groups excluding tert-OH is 2. The molecule has 16 heteroatoms. The van der Waals surface area contributed by atoms with E-state index in [2.05, 4.69) is 21.3 Å². The number of amides is 4. The lowest BCUT2D eigenvalue weighted by Gasteiger charge is -2.27. The maximum Gasteiger partial charge on any atom is 0.243 e. The maximum absolute atomic E-state index is 13.8. The van der Waals surface area contributed by atoms with E-state index in [-0.39, 0.29) is 68.9 Å². The molecule has 3 rings (SSSR count). The monoisotopic (exact) mass is 644 g/mol. The van der Waals surface area contributed by atoms with Crippen molar-refractivity contribution in [3.8, 4) is 22.6 Å². The van der Waals surface area contributed by atoms with Crippen LogP contribution in [0.25, 0.3) is 11.1 Å². The number of aliphatic hydroxyl groups is 2. The van der Waals surface area contributed by atoms with Crippen LogP contribution in [-0.2, 0) is 32.0 Å². The van der Waals surface area contributed by atoms with Crippen molar-refractivity contribution in [3.63, 3.8) is 0 Å². The van der Waals surface area contributed by atoms with Gasteiger partial charge >= 0.3 is 0 Å². The van der Waals surface area contributed by atoms with Gasteiger partial charge in [0.1, 0.15) is 29.6 Å². The van der Waals surface area contributed by atoms with Gasteiger partial charge in [0.15, 0.2) is 0 Å². The highest BCUT2D eigenvalue weighted by atomic mass is 16.3. The van der Waals surface area contributed by atoms with Crippen molar-refractivity contribution in [1.29, 1.82) is 0 Å². The summed E-state index contributed by atoms with van der Waals surface area (Å²) in [6.07, 6.45) is -3.31. The summed E-state index contributed by atoms with van der Waals surface area (Å²) in [5, 5.41) is 51.8. The smallest absolute Gasteiger partial charge is 0.243 e. The zero-order valence-corrected chi connectivity index (χ0v) is 25.3. The Morgan fingerprint density at radius 1 is 0.870 bits per heavy atom. The van der Waals surface area contributed by atoms with E-state index in [0.29, 0.717) is 16.7 Å². The Balaban J connectivity index is 2.09. The Kier molecular flexibility index (Phi) is 13.2. The Morgan fingerprint density at radius 3 is 2.02 bits per heavy atom. The Labute approximate surface area is 265 Å². The molecule has 16 nitrogen and oxygen atoms in total. The second kappa shape index (κ2) is 16.8. The standard InChI is InChI=1S/C30H44N8O8/c31-5-6-35-28(44)23(11-19(39)13-32)38-29(45)22-10-18-8-16(2-4-26(18)42)15-1-3-25(41)17(7-15)9-21(34)27(43)36-24(30(46)37-22)12-20(40)14-33/h1-4,7-8,19-24,39-42H,5-6,9-14,31-34H2,(H,35,44)(H,36,43)(H,37,46)(H,38,45)/t19-,20-,21+,22+,23+,24+/m1/s1. The third kappa shape index (κ3) is 9.84. The second-order valence-corrected chi connectivity index (χ2v) is 11.2. The van der Waals surface area contributed by atoms with Crippen LogP contribution in [0.3, 0.4) is 0 Å². The zero-order chi connectivity index (χ0) is 34.0. The van der Waals surface area contributed by atoms with E-state index in [0.717, 1.165) is 0 Å². The summed E-state index contributed by atoms with van der Waals surface area (Å²) in [5.74, 6) is -3.45. The molecule has 4 amide bonds. The quantitative estimate of drug-likeness (QED) is 0.112. The van der Waals surface area contributed by atoms with Crippen molar-refractivity contribution in [2.75, 3.05) is 26.2 Å². The summed E-state index contributed by atoms with van der Waals surface area (Å²) in [4.78, 5) is 53.3. The van der Waals surface area contributed by atoms with Crippen LogP contribution >= 0.6 is 0 Å². The first-order valence-electron chi connectivity index (χ1n) is 14.9. The molecule has 4 bridgehead atoms. The minimum absolute atomic E-state index is 0.0940. The largest absolute Gasteiger partial charge is 0.508 e. The molecule has 2 aromatic rings. The van der Waals surface area contributed by atoms with Gasteiger partial charge in [0.05, 0.1) is 18.2 Å². The summed E-state index contributed by atoms with van der Waals surface area (Å²) in [7, 11) is 0. The fraction of sp³-hybridized carbons (Fsp3) is 0.467. The van der Waals surface area contributed by atoms with Gasteiger partial charge in [-0.1, -0.05) is 12.1 Å². The highest BCUT2D eigenvalue weighted by Crippen LogP contribution is 2.31. The topological polar surface area (TPSA) is 301 Å². The van der Waals surface area contributed by atoms with Crippen molar-refractivity contribution in [3.05, 3.63) is 47.5 Å². The molecule has 46 heavy (non-hydrogen) atoms. The van der Waals surface area contributed by atoms with Gasteiger partial charge in [-0.25, -0.2) is 0 Å². The second-order valence-electron chi connectivity index (χ2n) is 11.2. The number of nitrogens with two attached hydrogens (primary N) is 4. The van der Waals surface area contributed by atoms with Gasteiger partial charge in [0.25, 0.3) is 0 Å². The average Bonchev–Trinajstić information content (AvgIpc) is 3.03. The molecule has 0 radical (unpaired) electrons. The third-order valence-electron chi connectivity index (χ3n) is 7.60. The van der Waals surface area contributed by atoms with E-state index >= 15 is 0 Å². The molecule has 0 aromatic heterocycles. The van der Waals surface area contributed by atoms with Crippen LogP contribution in [0.1, 0.15) is 24.0 Å². The minimum Gasteiger partial charge on any atom is -0.508 e. The van der Waals surface area contributed by atoms with E-state index in [9.17, 15) is 39.6 Å². The molecule has 1 heterocycles. The predicted molar refractivity (Wildman–Crippen MR) is 168 cm³/mol. The summed E-state index contributed by atoms with van der Waals surface area (Å²) >= 11 is 0. The van der Waals surface area contributed by atoms with Crippen LogP contribution in [0.2, 0.25) is 0 Å². The third-order valence-corrected chi connectivity index (χ3v) is 7.60. The van der Waals surface area contributed by atoms with E-state index < -0.39 is 60.0 Å². The molecule has 0 spiro atoms. The normalized spacial score (nSPS) is 20.6. The molecule has 0 aliphatic carbocycles. The molecule has 1 aliphatic rings. The van der Waals surface area contributed by atoms with Crippen molar-refractivity contribution in [2.45, 2.75) is 62.1 Å². The molecule has 0 unspecified atom stereocenters. The first-order valence-corrected chi connectivity index (χ1v) is 14.9. The van der Waals surface area contributed by atoms with E-state index in [4.69, 9.17) is 22.9 Å². The first-order chi connectivity index (χ1) is 21.9. The van der Waals surface area contributed by atoms with Crippen LogP contribution in [0.5, 0.6) is 11.5 Å². The molecule has 1 aliphatic heterocycles. The number of phenols is 2. The number of benzene rings is 2. The molecule has 2 aromatic carbocycles. The molecule has 16 N–H and O–H groups in total. The minimum atomic E-state index is -1.43. The highest BCUT2D eigenvalue weighted by molar-refractivity contribution is 5.95. The van der Waals surface area contributed by atoms with Crippen molar-refractivity contribution < 1.29 is 39.6 Å². The fourth-order valence-electron chi connectivity index (χ4n) is 4.96. The molecule has 0 saturated heterocycles. The zero-order valence-electron chi connectivity index (χ0n) is 25.3. The van der Waals surface area contributed by atoms with Gasteiger partial charge in [0.2, 0.25) is 23.6 Å². The lowest BCUT2D eigenvalue weighted by Crippen LogP contribution is -2.59. The van der Waals surface area contributed by atoms with E-state index in [1.165, 1.54) is 12.1 Å². The molecular formula is C30H44N8O8. The average molecular weight is 645 g/mol. The van der Waals surface area contributed by atoms with Crippen LogP contribution in [0.4, 0.5) is 0 Å². The SMILES string of the molecule is NCCNC(=O)[C@H](C[C@@H](O)CN)NC(=O)[C@@H]1Cc2cc(ccc2O)-c2ccc(O)c(c2)C[C@H](N)C(=O)N[C@@H](C[C@@H](O)CN)C(=O)N1. The lowest BCUT2D eigenvalue weighted by molar-refractivity contribution is -0.134. The van der Waals surface area contributed by atoms with Crippen LogP contribution in [0, 0.1) is 0 Å². The predicted octanol–water partition coefficient (Wildman–Crippen LogP) is -3.86. The number of phenolic OH excluding ortho intramolecular Hbond substituents is 2. The number of fused-ring (bicyclic) bond motifs is 5. The Bertz CT molecular complexity index is 1390. The summed E-state index contributed by atoms with van der Waals surface area (Å²) in [6.45, 7) is -0.214. The van der Waals surface area contributed by atoms with Gasteiger partial charge in [-0.05, 0) is 46.5 Å². The van der Waals surface area contributed by atoms with Crippen molar-refractivity contribution in [2.24, 2.45) is 22.9 Å². The first kappa shape index (κ1) is 36.2. The number of hydrogen-bond acceptors (Lipinski definition) is 12. The highest BCUT2D eigenvalue weighted by Gasteiger charge is 2.33. The molecular weight excluding hydrogens is 600 g/mol. The Morgan fingerprint density at radius 2 is 1.46 bits per heavy atom. The van der Waals surface area contributed by atoms with Crippen LogP contribution < -0.4 is 44.2 Å². The number of aromatic hydroxyl groups is 2. The maximum atomic E-state index is 13.8. The van der Waals surface area contributed by atoms with Gasteiger partial charge in [-0.15, -0.1) is 0 Å². The number of rotatable bonds is 11. The fourth-order valence-corrected chi connectivity index (χ4v) is 4.96. The van der Waals surface area contributed by atoms with Crippen LogP contribution in [-0.4, -0.2) is 107 Å². The Hall–Kier alpha value is -4.32. The lowest BCUT2D eigenvalue weighted by atomic mass is 9.95. The van der Waals surface area contributed by atoms with Gasteiger partial charge in [0, 0.05) is 51.9 Å². The van der Waals surface area contributed by atoms with Crippen molar-refractivity contribution >= 4 is 23.6 Å². The number of nitrogens with one attached hydrogen (secondary N) is 4. The van der Waals surface area contributed by atoms with Crippen LogP contribution in [0.15, 0.2) is 36.4 Å². The molecule has 0 fully saturated rings. The summed E-state index contributed by atoms with van der Waals surface area (Å²) in [6, 6.07) is 4.00. The molecule has 0 saturated carbocycles.